The minimum Gasteiger partial charge on any atom is -0.364 e. The van der Waals surface area contributed by atoms with Crippen molar-refractivity contribution < 1.29 is 9.53 Å². The summed E-state index contributed by atoms with van der Waals surface area (Å²) in [6, 6.07) is 10.3. The minimum atomic E-state index is -0.410. The van der Waals surface area contributed by atoms with Crippen LogP contribution < -0.4 is 5.73 Å². The Morgan fingerprint density at radius 2 is 2.15 bits per heavy atom. The predicted molar refractivity (Wildman–Crippen MR) is 79.1 cm³/mol. The molecule has 1 amide bonds. The van der Waals surface area contributed by atoms with Gasteiger partial charge in [0, 0.05) is 18.6 Å². The molecule has 0 radical (unpaired) electrons. The van der Waals surface area contributed by atoms with Gasteiger partial charge in [-0.05, 0) is 32.3 Å². The van der Waals surface area contributed by atoms with Crippen molar-refractivity contribution in [1.82, 2.24) is 4.90 Å². The first-order valence-corrected chi connectivity index (χ1v) is 7.29. The molecule has 2 N–H and O–H groups in total. The molecule has 4 nitrogen and oxygen atoms in total. The summed E-state index contributed by atoms with van der Waals surface area (Å²) < 4.78 is 5.70. The standard InChI is InChI=1S/C16H24N2O2/c1-12-10-15(17)8-9-18(12)16(19)13(2)20-11-14-6-4-3-5-7-14/h3-7,12-13,15H,8-11,17H2,1-2H3/t12-,13+,15-/m1/s1. The van der Waals surface area contributed by atoms with Crippen LogP contribution in [0.15, 0.2) is 30.3 Å². The number of piperidine rings is 1. The highest BCUT2D eigenvalue weighted by Crippen LogP contribution is 2.18. The smallest absolute Gasteiger partial charge is 0.251 e. The Morgan fingerprint density at radius 1 is 1.45 bits per heavy atom. The topological polar surface area (TPSA) is 55.6 Å². The summed E-state index contributed by atoms with van der Waals surface area (Å²) in [4.78, 5) is 14.3. The van der Waals surface area contributed by atoms with Crippen molar-refractivity contribution in [1.29, 1.82) is 0 Å². The highest BCUT2D eigenvalue weighted by atomic mass is 16.5. The molecule has 0 spiro atoms. The Labute approximate surface area is 120 Å². The molecule has 20 heavy (non-hydrogen) atoms. The first-order valence-electron chi connectivity index (χ1n) is 7.29. The summed E-state index contributed by atoms with van der Waals surface area (Å²) >= 11 is 0. The van der Waals surface area contributed by atoms with E-state index in [1.807, 2.05) is 42.2 Å². The molecule has 0 aromatic heterocycles. The number of amides is 1. The fourth-order valence-corrected chi connectivity index (χ4v) is 2.64. The van der Waals surface area contributed by atoms with Gasteiger partial charge in [-0.3, -0.25) is 4.79 Å². The second-order valence-electron chi connectivity index (χ2n) is 5.60. The maximum Gasteiger partial charge on any atom is 0.251 e. The Balaban J connectivity index is 1.85. The lowest BCUT2D eigenvalue weighted by molar-refractivity contribution is -0.147. The molecular weight excluding hydrogens is 252 g/mol. The number of hydrogen-bond acceptors (Lipinski definition) is 3. The lowest BCUT2D eigenvalue weighted by Gasteiger charge is -2.37. The molecule has 0 saturated carbocycles. The average Bonchev–Trinajstić information content (AvgIpc) is 2.45. The van der Waals surface area contributed by atoms with Gasteiger partial charge in [-0.2, -0.15) is 0 Å². The molecule has 1 aromatic rings. The first-order chi connectivity index (χ1) is 9.58. The van der Waals surface area contributed by atoms with E-state index in [4.69, 9.17) is 10.5 Å². The van der Waals surface area contributed by atoms with Gasteiger partial charge in [-0.1, -0.05) is 30.3 Å². The zero-order valence-corrected chi connectivity index (χ0v) is 12.3. The van der Waals surface area contributed by atoms with E-state index in [1.165, 1.54) is 0 Å². The maximum absolute atomic E-state index is 12.4. The third-order valence-electron chi connectivity index (χ3n) is 3.89. The molecule has 1 heterocycles. The second-order valence-corrected chi connectivity index (χ2v) is 5.60. The Bertz CT molecular complexity index is 435. The van der Waals surface area contributed by atoms with Gasteiger partial charge < -0.3 is 15.4 Å². The van der Waals surface area contributed by atoms with Crippen molar-refractivity contribution in [3.8, 4) is 0 Å². The van der Waals surface area contributed by atoms with Gasteiger partial charge in [0.05, 0.1) is 6.61 Å². The van der Waals surface area contributed by atoms with E-state index in [0.717, 1.165) is 24.9 Å². The van der Waals surface area contributed by atoms with Crippen molar-refractivity contribution in [2.45, 2.75) is 51.5 Å². The molecule has 110 valence electrons. The van der Waals surface area contributed by atoms with E-state index in [9.17, 15) is 4.79 Å². The van der Waals surface area contributed by atoms with Crippen molar-refractivity contribution in [2.75, 3.05) is 6.54 Å². The average molecular weight is 276 g/mol. The molecular formula is C16H24N2O2. The van der Waals surface area contributed by atoms with Crippen LogP contribution in [0.3, 0.4) is 0 Å². The number of carbonyl (C=O) groups excluding carboxylic acids is 1. The number of rotatable bonds is 4. The maximum atomic E-state index is 12.4. The van der Waals surface area contributed by atoms with Gasteiger partial charge >= 0.3 is 0 Å². The van der Waals surface area contributed by atoms with E-state index < -0.39 is 6.10 Å². The van der Waals surface area contributed by atoms with Crippen LogP contribution in [-0.2, 0) is 16.1 Å². The van der Waals surface area contributed by atoms with Gasteiger partial charge in [-0.15, -0.1) is 0 Å². The summed E-state index contributed by atoms with van der Waals surface area (Å²) in [5, 5.41) is 0. The van der Waals surface area contributed by atoms with Gasteiger partial charge in [0.15, 0.2) is 0 Å². The third-order valence-corrected chi connectivity index (χ3v) is 3.89. The number of hydrogen-bond donors (Lipinski definition) is 1. The van der Waals surface area contributed by atoms with Crippen LogP contribution in [0.25, 0.3) is 0 Å². The summed E-state index contributed by atoms with van der Waals surface area (Å²) in [5.41, 5.74) is 7.01. The zero-order chi connectivity index (χ0) is 14.5. The highest BCUT2D eigenvalue weighted by Gasteiger charge is 2.30. The highest BCUT2D eigenvalue weighted by molar-refractivity contribution is 5.81. The normalized spacial score (nSPS) is 24.4. The monoisotopic (exact) mass is 276 g/mol. The number of carbonyl (C=O) groups is 1. The van der Waals surface area contributed by atoms with Gasteiger partial charge in [-0.25, -0.2) is 0 Å². The van der Waals surface area contributed by atoms with E-state index in [2.05, 4.69) is 6.92 Å². The number of ether oxygens (including phenoxy) is 1. The Hall–Kier alpha value is -1.39. The van der Waals surface area contributed by atoms with Gasteiger partial charge in [0.1, 0.15) is 6.10 Å². The van der Waals surface area contributed by atoms with Crippen molar-refractivity contribution >= 4 is 5.91 Å². The number of nitrogens with zero attached hydrogens (tertiary/aromatic N) is 1. The van der Waals surface area contributed by atoms with E-state index >= 15 is 0 Å². The molecule has 1 aliphatic rings. The SMILES string of the molecule is C[C@H](OCc1ccccc1)C(=O)N1CC[C@@H](N)C[C@H]1C. The number of likely N-dealkylation sites (tertiary alicyclic amines) is 1. The van der Waals surface area contributed by atoms with E-state index in [-0.39, 0.29) is 18.0 Å². The molecule has 1 aliphatic heterocycles. The Kier molecular flexibility index (Phi) is 5.15. The van der Waals surface area contributed by atoms with Crippen LogP contribution in [-0.4, -0.2) is 35.5 Å². The summed E-state index contributed by atoms with van der Waals surface area (Å²) in [7, 11) is 0. The fraction of sp³-hybridized carbons (Fsp3) is 0.562. The summed E-state index contributed by atoms with van der Waals surface area (Å²) in [6.07, 6.45) is 1.34. The van der Waals surface area contributed by atoms with Crippen LogP contribution >= 0.6 is 0 Å². The Morgan fingerprint density at radius 3 is 2.80 bits per heavy atom. The van der Waals surface area contributed by atoms with E-state index in [0.29, 0.717) is 6.61 Å². The van der Waals surface area contributed by atoms with Crippen molar-refractivity contribution in [3.63, 3.8) is 0 Å². The van der Waals surface area contributed by atoms with Crippen LogP contribution in [0.4, 0.5) is 0 Å². The number of benzene rings is 1. The molecule has 1 aromatic carbocycles. The fourth-order valence-electron chi connectivity index (χ4n) is 2.64. The molecule has 3 atom stereocenters. The molecule has 1 fully saturated rings. The van der Waals surface area contributed by atoms with Crippen LogP contribution in [0, 0.1) is 0 Å². The van der Waals surface area contributed by atoms with Gasteiger partial charge in [0.25, 0.3) is 5.91 Å². The van der Waals surface area contributed by atoms with Crippen LogP contribution in [0.1, 0.15) is 32.3 Å². The van der Waals surface area contributed by atoms with Crippen LogP contribution in [0.2, 0.25) is 0 Å². The lowest BCUT2D eigenvalue weighted by atomic mass is 9.98. The zero-order valence-electron chi connectivity index (χ0n) is 12.3. The third kappa shape index (κ3) is 3.81. The number of nitrogens with two attached hydrogens (primary N) is 1. The van der Waals surface area contributed by atoms with E-state index in [1.54, 1.807) is 0 Å². The molecule has 0 unspecified atom stereocenters. The van der Waals surface area contributed by atoms with Crippen molar-refractivity contribution in [2.24, 2.45) is 5.73 Å². The lowest BCUT2D eigenvalue weighted by Crippen LogP contribution is -2.51. The van der Waals surface area contributed by atoms with Gasteiger partial charge in [0.2, 0.25) is 0 Å². The molecule has 2 rings (SSSR count). The second kappa shape index (κ2) is 6.86. The molecule has 4 heteroatoms. The molecule has 0 bridgehead atoms. The quantitative estimate of drug-likeness (QED) is 0.914. The minimum absolute atomic E-state index is 0.0698. The van der Waals surface area contributed by atoms with Crippen LogP contribution in [0.5, 0.6) is 0 Å². The summed E-state index contributed by atoms with van der Waals surface area (Å²) in [6.45, 7) is 5.09. The summed E-state index contributed by atoms with van der Waals surface area (Å²) in [5.74, 6) is 0.0698. The largest absolute Gasteiger partial charge is 0.364 e. The molecule has 0 aliphatic carbocycles. The first kappa shape index (κ1) is 15.0. The van der Waals surface area contributed by atoms with Crippen molar-refractivity contribution in [3.05, 3.63) is 35.9 Å². The predicted octanol–water partition coefficient (Wildman–Crippen LogP) is 1.93. The molecule has 1 saturated heterocycles.